The van der Waals surface area contributed by atoms with Crippen molar-refractivity contribution < 1.29 is 9.90 Å². The van der Waals surface area contributed by atoms with Crippen LogP contribution < -0.4 is 0 Å². The average Bonchev–Trinajstić information content (AvgIpc) is 2.17. The minimum absolute atomic E-state index is 0.0831. The van der Waals surface area contributed by atoms with E-state index in [2.05, 4.69) is 6.08 Å². The summed E-state index contributed by atoms with van der Waals surface area (Å²) in [4.78, 5) is 11.0. The van der Waals surface area contributed by atoms with Crippen LogP contribution in [0, 0.1) is 11.8 Å². The largest absolute Gasteiger partial charge is 0.481 e. The van der Waals surface area contributed by atoms with E-state index in [1.807, 2.05) is 0 Å². The Labute approximate surface area is 78.6 Å². The molecule has 0 heterocycles. The quantitative estimate of drug-likeness (QED) is 0.630. The van der Waals surface area contributed by atoms with E-state index in [1.165, 1.54) is 18.4 Å². The smallest absolute Gasteiger partial charge is 0.307 e. The summed E-state index contributed by atoms with van der Waals surface area (Å²) in [6.07, 6.45) is 8.83. The highest BCUT2D eigenvalue weighted by molar-refractivity contribution is 5.71. The number of carbonyl (C=O) groups is 1. The van der Waals surface area contributed by atoms with Crippen molar-refractivity contribution in [1.82, 2.24) is 0 Å². The molecule has 0 aromatic rings. The second-order valence-corrected chi connectivity index (χ2v) is 4.15. The molecule has 1 saturated carbocycles. The van der Waals surface area contributed by atoms with Crippen molar-refractivity contribution in [1.29, 1.82) is 0 Å². The summed E-state index contributed by atoms with van der Waals surface area (Å²) < 4.78 is 0. The third kappa shape index (κ3) is 1.62. The molecule has 0 radical (unpaired) electrons. The molecule has 2 aliphatic carbocycles. The van der Waals surface area contributed by atoms with Gasteiger partial charge in [0, 0.05) is 0 Å². The normalized spacial score (nSPS) is 33.4. The highest BCUT2D eigenvalue weighted by Gasteiger charge is 2.33. The van der Waals surface area contributed by atoms with Crippen LogP contribution >= 0.6 is 0 Å². The van der Waals surface area contributed by atoms with Gasteiger partial charge in [-0.3, -0.25) is 4.79 Å². The van der Waals surface area contributed by atoms with Crippen molar-refractivity contribution in [2.75, 3.05) is 0 Å². The molecule has 2 unspecified atom stereocenters. The summed E-state index contributed by atoms with van der Waals surface area (Å²) >= 11 is 0. The van der Waals surface area contributed by atoms with Gasteiger partial charge < -0.3 is 5.11 Å². The minimum Gasteiger partial charge on any atom is -0.481 e. The first-order valence-electron chi connectivity index (χ1n) is 5.21. The predicted molar refractivity (Wildman–Crippen MR) is 50.4 cm³/mol. The number of hydrogen-bond donors (Lipinski definition) is 1. The Balaban J connectivity index is 2.16. The van der Waals surface area contributed by atoms with Gasteiger partial charge in [-0.15, -0.1) is 0 Å². The van der Waals surface area contributed by atoms with Crippen molar-refractivity contribution in [2.24, 2.45) is 11.8 Å². The molecule has 0 bridgehead atoms. The topological polar surface area (TPSA) is 37.3 Å². The maximum absolute atomic E-state index is 11.0. The number of hydrogen-bond acceptors (Lipinski definition) is 1. The van der Waals surface area contributed by atoms with Crippen molar-refractivity contribution in [3.63, 3.8) is 0 Å². The highest BCUT2D eigenvalue weighted by atomic mass is 16.4. The van der Waals surface area contributed by atoms with E-state index in [9.17, 15) is 4.79 Å². The molecule has 0 saturated heterocycles. The molecule has 1 fully saturated rings. The molecule has 0 amide bonds. The van der Waals surface area contributed by atoms with Crippen molar-refractivity contribution in [3.8, 4) is 0 Å². The number of allylic oxidation sites excluding steroid dienone is 2. The Morgan fingerprint density at radius 2 is 2.23 bits per heavy atom. The average molecular weight is 180 g/mol. The van der Waals surface area contributed by atoms with Crippen molar-refractivity contribution in [2.45, 2.75) is 38.5 Å². The number of carboxylic acids is 1. The molecular weight excluding hydrogens is 164 g/mol. The molecule has 2 rings (SSSR count). The maximum Gasteiger partial charge on any atom is 0.307 e. The van der Waals surface area contributed by atoms with Gasteiger partial charge in [-0.1, -0.05) is 18.1 Å². The first-order valence-corrected chi connectivity index (χ1v) is 5.21. The van der Waals surface area contributed by atoms with E-state index in [0.29, 0.717) is 5.92 Å². The highest BCUT2D eigenvalue weighted by Crippen LogP contribution is 2.40. The fourth-order valence-electron chi connectivity index (χ4n) is 2.72. The SMILES string of the molecule is O=C(O)C1CCC=C2CCCCC21. The van der Waals surface area contributed by atoms with Crippen molar-refractivity contribution >= 4 is 5.97 Å². The van der Waals surface area contributed by atoms with Gasteiger partial charge in [0.15, 0.2) is 0 Å². The van der Waals surface area contributed by atoms with Crippen molar-refractivity contribution in [3.05, 3.63) is 11.6 Å². The van der Waals surface area contributed by atoms with Gasteiger partial charge in [-0.2, -0.15) is 0 Å². The van der Waals surface area contributed by atoms with Gasteiger partial charge in [-0.25, -0.2) is 0 Å². The van der Waals surface area contributed by atoms with E-state index in [4.69, 9.17) is 5.11 Å². The van der Waals surface area contributed by atoms with Gasteiger partial charge in [0.25, 0.3) is 0 Å². The lowest BCUT2D eigenvalue weighted by Crippen LogP contribution is -2.29. The zero-order valence-electron chi connectivity index (χ0n) is 7.83. The van der Waals surface area contributed by atoms with E-state index in [1.54, 1.807) is 0 Å². The number of aliphatic carboxylic acids is 1. The lowest BCUT2D eigenvalue weighted by atomic mass is 9.71. The third-order valence-electron chi connectivity index (χ3n) is 3.39. The number of rotatable bonds is 1. The van der Waals surface area contributed by atoms with Gasteiger partial charge in [0.2, 0.25) is 0 Å². The fraction of sp³-hybridized carbons (Fsp3) is 0.727. The zero-order chi connectivity index (χ0) is 9.26. The molecule has 72 valence electrons. The summed E-state index contributed by atoms with van der Waals surface area (Å²) in [6.45, 7) is 0. The Hall–Kier alpha value is -0.790. The van der Waals surface area contributed by atoms with E-state index in [-0.39, 0.29) is 5.92 Å². The monoisotopic (exact) mass is 180 g/mol. The van der Waals surface area contributed by atoms with Crippen LogP contribution in [-0.4, -0.2) is 11.1 Å². The molecule has 0 aliphatic heterocycles. The van der Waals surface area contributed by atoms with Crippen LogP contribution in [0.5, 0.6) is 0 Å². The number of carboxylic acid groups (broad SMARTS) is 1. The second-order valence-electron chi connectivity index (χ2n) is 4.15. The summed E-state index contributed by atoms with van der Waals surface area (Å²) in [6, 6.07) is 0. The molecule has 0 aromatic carbocycles. The predicted octanol–water partition coefficient (Wildman–Crippen LogP) is 2.60. The molecule has 2 aliphatic rings. The lowest BCUT2D eigenvalue weighted by Gasteiger charge is -2.33. The van der Waals surface area contributed by atoms with Crippen LogP contribution in [-0.2, 0) is 4.79 Å². The Bertz CT molecular complexity index is 242. The van der Waals surface area contributed by atoms with E-state index < -0.39 is 5.97 Å². The molecule has 2 heteroatoms. The van der Waals surface area contributed by atoms with E-state index >= 15 is 0 Å². The van der Waals surface area contributed by atoms with Crippen LogP contribution in [0.4, 0.5) is 0 Å². The molecular formula is C11H16O2. The van der Waals surface area contributed by atoms with E-state index in [0.717, 1.165) is 25.7 Å². The minimum atomic E-state index is -0.586. The summed E-state index contributed by atoms with van der Waals surface area (Å²) in [5, 5.41) is 9.05. The van der Waals surface area contributed by atoms with Gasteiger partial charge in [0.05, 0.1) is 5.92 Å². The van der Waals surface area contributed by atoms with Gasteiger partial charge in [-0.05, 0) is 38.0 Å². The molecule has 0 spiro atoms. The zero-order valence-corrected chi connectivity index (χ0v) is 7.83. The molecule has 13 heavy (non-hydrogen) atoms. The molecule has 0 aromatic heterocycles. The first-order chi connectivity index (χ1) is 6.29. The summed E-state index contributed by atoms with van der Waals surface area (Å²) in [5.74, 6) is -0.294. The molecule has 2 nitrogen and oxygen atoms in total. The van der Waals surface area contributed by atoms with Gasteiger partial charge >= 0.3 is 5.97 Å². The van der Waals surface area contributed by atoms with Crippen LogP contribution in [0.15, 0.2) is 11.6 Å². The van der Waals surface area contributed by atoms with Crippen LogP contribution in [0.2, 0.25) is 0 Å². The first kappa shape index (κ1) is 8.79. The summed E-state index contributed by atoms with van der Waals surface area (Å²) in [5.41, 5.74) is 1.44. The Kier molecular flexibility index (Phi) is 2.38. The summed E-state index contributed by atoms with van der Waals surface area (Å²) in [7, 11) is 0. The molecule has 2 atom stereocenters. The second kappa shape index (κ2) is 3.52. The Morgan fingerprint density at radius 3 is 3.00 bits per heavy atom. The van der Waals surface area contributed by atoms with Gasteiger partial charge in [0.1, 0.15) is 0 Å². The maximum atomic E-state index is 11.0. The standard InChI is InChI=1S/C11H16O2/c12-11(13)10-7-3-5-8-4-1-2-6-9(8)10/h5,9-10H,1-4,6-7H2,(H,12,13). The van der Waals surface area contributed by atoms with Crippen LogP contribution in [0.1, 0.15) is 38.5 Å². The lowest BCUT2D eigenvalue weighted by molar-refractivity contribution is -0.143. The number of fused-ring (bicyclic) bond motifs is 1. The van der Waals surface area contributed by atoms with Crippen LogP contribution in [0.25, 0.3) is 0 Å². The van der Waals surface area contributed by atoms with Crippen LogP contribution in [0.3, 0.4) is 0 Å². The third-order valence-corrected chi connectivity index (χ3v) is 3.39. The Morgan fingerprint density at radius 1 is 1.38 bits per heavy atom. The molecule has 1 N–H and O–H groups in total. The fourth-order valence-corrected chi connectivity index (χ4v) is 2.72.